The molecule has 1 aromatic rings. The Kier molecular flexibility index (Phi) is 5.94. The zero-order chi connectivity index (χ0) is 13.3. The molecule has 2 rings (SSSR count). The van der Waals surface area contributed by atoms with Gasteiger partial charge in [-0.1, -0.05) is 49.7 Å². The van der Waals surface area contributed by atoms with E-state index in [1.807, 2.05) is 12.1 Å². The van der Waals surface area contributed by atoms with Crippen LogP contribution in [0, 0.1) is 11.8 Å². The van der Waals surface area contributed by atoms with Gasteiger partial charge in [-0.3, -0.25) is 0 Å². The van der Waals surface area contributed by atoms with Crippen LogP contribution in [0.25, 0.3) is 0 Å². The highest BCUT2D eigenvalue weighted by Crippen LogP contribution is 2.20. The molecule has 0 aromatic heterocycles. The quantitative estimate of drug-likeness (QED) is 0.666. The van der Waals surface area contributed by atoms with Crippen molar-refractivity contribution in [2.24, 2.45) is 5.73 Å². The summed E-state index contributed by atoms with van der Waals surface area (Å²) >= 11 is 0. The zero-order valence-electron chi connectivity index (χ0n) is 11.5. The molecule has 0 heterocycles. The van der Waals surface area contributed by atoms with Crippen LogP contribution in [0.1, 0.15) is 49.7 Å². The first-order chi connectivity index (χ1) is 9.38. The molecule has 2 N–H and O–H groups in total. The lowest BCUT2D eigenvalue weighted by Crippen LogP contribution is -2.11. The maximum atomic E-state index is 6.01. The summed E-state index contributed by atoms with van der Waals surface area (Å²) in [5, 5.41) is 0. The van der Waals surface area contributed by atoms with Gasteiger partial charge < -0.3 is 10.5 Å². The summed E-state index contributed by atoms with van der Waals surface area (Å²) in [6, 6.07) is 8.26. The molecule has 2 heteroatoms. The highest BCUT2D eigenvalue weighted by molar-refractivity contribution is 5.36. The Morgan fingerprint density at radius 2 is 1.74 bits per heavy atom. The largest absolute Gasteiger partial charge is 0.374 e. The van der Waals surface area contributed by atoms with Crippen molar-refractivity contribution >= 4 is 0 Å². The van der Waals surface area contributed by atoms with Crippen LogP contribution in [-0.4, -0.2) is 12.6 Å². The topological polar surface area (TPSA) is 35.2 Å². The zero-order valence-corrected chi connectivity index (χ0v) is 11.5. The van der Waals surface area contributed by atoms with Crippen LogP contribution in [-0.2, 0) is 11.3 Å². The Morgan fingerprint density at radius 3 is 2.37 bits per heavy atom. The molecule has 1 aliphatic carbocycles. The minimum atomic E-state index is 0.409. The van der Waals surface area contributed by atoms with Crippen LogP contribution in [0.4, 0.5) is 0 Å². The van der Waals surface area contributed by atoms with Gasteiger partial charge >= 0.3 is 0 Å². The molecule has 0 saturated heterocycles. The summed E-state index contributed by atoms with van der Waals surface area (Å²) in [5.74, 6) is 5.89. The third-order valence-electron chi connectivity index (χ3n) is 3.58. The molecule has 0 spiro atoms. The number of benzene rings is 1. The second-order valence-corrected chi connectivity index (χ2v) is 5.13. The van der Waals surface area contributed by atoms with Crippen LogP contribution in [0.15, 0.2) is 24.3 Å². The van der Waals surface area contributed by atoms with E-state index in [2.05, 4.69) is 24.0 Å². The number of ether oxygens (including phenoxy) is 1. The van der Waals surface area contributed by atoms with Gasteiger partial charge in [-0.25, -0.2) is 0 Å². The molecule has 0 amide bonds. The van der Waals surface area contributed by atoms with E-state index in [0.717, 1.165) is 12.2 Å². The Morgan fingerprint density at radius 1 is 1.05 bits per heavy atom. The molecule has 0 atom stereocenters. The normalized spacial score (nSPS) is 16.5. The fourth-order valence-electron chi connectivity index (χ4n) is 2.46. The molecule has 1 aliphatic rings. The van der Waals surface area contributed by atoms with Crippen molar-refractivity contribution in [1.29, 1.82) is 0 Å². The van der Waals surface area contributed by atoms with E-state index in [0.29, 0.717) is 12.6 Å². The van der Waals surface area contributed by atoms with E-state index in [1.54, 1.807) is 0 Å². The maximum absolute atomic E-state index is 6.01. The van der Waals surface area contributed by atoms with Crippen LogP contribution in [0.5, 0.6) is 0 Å². The van der Waals surface area contributed by atoms with Gasteiger partial charge in [0.2, 0.25) is 0 Å². The molecule has 0 aliphatic heterocycles. The summed E-state index contributed by atoms with van der Waals surface area (Å²) < 4.78 is 6.01. The first kappa shape index (κ1) is 14.1. The van der Waals surface area contributed by atoms with Gasteiger partial charge in [-0.15, -0.1) is 0 Å². The molecule has 19 heavy (non-hydrogen) atoms. The molecule has 0 bridgehead atoms. The molecule has 1 saturated carbocycles. The summed E-state index contributed by atoms with van der Waals surface area (Å²) in [5.41, 5.74) is 7.60. The highest BCUT2D eigenvalue weighted by Gasteiger charge is 2.12. The monoisotopic (exact) mass is 257 g/mol. The van der Waals surface area contributed by atoms with E-state index in [4.69, 9.17) is 10.5 Å². The lowest BCUT2D eigenvalue weighted by molar-refractivity contribution is 0.0310. The maximum Gasteiger partial charge on any atom is 0.0720 e. The second-order valence-electron chi connectivity index (χ2n) is 5.13. The highest BCUT2D eigenvalue weighted by atomic mass is 16.5. The van der Waals surface area contributed by atoms with Gasteiger partial charge in [0.25, 0.3) is 0 Å². The predicted octanol–water partition coefficient (Wildman–Crippen LogP) is 3.24. The van der Waals surface area contributed by atoms with E-state index in [-0.39, 0.29) is 0 Å². The average molecular weight is 257 g/mol. The second kappa shape index (κ2) is 7.99. The summed E-state index contributed by atoms with van der Waals surface area (Å²) in [6.45, 7) is 1.13. The van der Waals surface area contributed by atoms with Crippen molar-refractivity contribution in [2.75, 3.05) is 6.54 Å². The van der Waals surface area contributed by atoms with Crippen molar-refractivity contribution in [3.63, 3.8) is 0 Å². The summed E-state index contributed by atoms with van der Waals surface area (Å²) in [4.78, 5) is 0. The first-order valence-corrected chi connectivity index (χ1v) is 7.28. The molecular formula is C17H23NO. The van der Waals surface area contributed by atoms with Crippen molar-refractivity contribution in [3.8, 4) is 11.8 Å². The van der Waals surface area contributed by atoms with E-state index < -0.39 is 0 Å². The first-order valence-electron chi connectivity index (χ1n) is 7.28. The Hall–Kier alpha value is -1.30. The van der Waals surface area contributed by atoms with Crippen LogP contribution >= 0.6 is 0 Å². The molecule has 2 nitrogen and oxygen atoms in total. The van der Waals surface area contributed by atoms with Crippen molar-refractivity contribution in [2.45, 2.75) is 51.2 Å². The summed E-state index contributed by atoms with van der Waals surface area (Å²) in [6.07, 6.45) is 8.28. The van der Waals surface area contributed by atoms with Crippen molar-refractivity contribution < 1.29 is 4.74 Å². The van der Waals surface area contributed by atoms with E-state index in [9.17, 15) is 0 Å². The molecule has 102 valence electrons. The number of nitrogens with two attached hydrogens (primary N) is 1. The van der Waals surface area contributed by atoms with Crippen LogP contribution in [0.2, 0.25) is 0 Å². The fraction of sp³-hybridized carbons (Fsp3) is 0.529. The smallest absolute Gasteiger partial charge is 0.0720 e. The predicted molar refractivity (Wildman–Crippen MR) is 78.7 cm³/mol. The number of rotatable bonds is 3. The van der Waals surface area contributed by atoms with Gasteiger partial charge in [-0.05, 0) is 30.5 Å². The van der Waals surface area contributed by atoms with Crippen LogP contribution in [0.3, 0.4) is 0 Å². The molecule has 0 unspecified atom stereocenters. The molecule has 1 fully saturated rings. The van der Waals surface area contributed by atoms with Gasteiger partial charge in [-0.2, -0.15) is 0 Å². The third-order valence-corrected chi connectivity index (χ3v) is 3.58. The SMILES string of the molecule is NCC#Cc1ccc(COC2CCCCCC2)cc1. The molecule has 0 radical (unpaired) electrons. The van der Waals surface area contributed by atoms with Gasteiger partial charge in [0.15, 0.2) is 0 Å². The lowest BCUT2D eigenvalue weighted by Gasteiger charge is -2.15. The number of hydrogen-bond acceptors (Lipinski definition) is 2. The van der Waals surface area contributed by atoms with Gasteiger partial charge in [0.05, 0.1) is 19.3 Å². The average Bonchev–Trinajstić information content (AvgIpc) is 2.72. The summed E-state index contributed by atoms with van der Waals surface area (Å²) in [7, 11) is 0. The fourth-order valence-corrected chi connectivity index (χ4v) is 2.46. The Bertz CT molecular complexity index is 419. The number of hydrogen-bond donors (Lipinski definition) is 1. The minimum Gasteiger partial charge on any atom is -0.374 e. The standard InChI is InChI=1S/C17H23NO/c18-13-5-6-15-9-11-16(12-10-15)14-19-17-7-3-1-2-4-8-17/h9-12,17H,1-4,7-8,13-14,18H2. The third kappa shape index (κ3) is 5.06. The minimum absolute atomic E-state index is 0.409. The van der Waals surface area contributed by atoms with E-state index >= 15 is 0 Å². The molecular weight excluding hydrogens is 234 g/mol. The van der Waals surface area contributed by atoms with E-state index in [1.165, 1.54) is 44.1 Å². The van der Waals surface area contributed by atoms with Crippen molar-refractivity contribution in [1.82, 2.24) is 0 Å². The van der Waals surface area contributed by atoms with Crippen molar-refractivity contribution in [3.05, 3.63) is 35.4 Å². The Balaban J connectivity index is 1.82. The van der Waals surface area contributed by atoms with Gasteiger partial charge in [0.1, 0.15) is 0 Å². The Labute approximate surface area is 116 Å². The molecule has 1 aromatic carbocycles. The lowest BCUT2D eigenvalue weighted by atomic mass is 10.1. The van der Waals surface area contributed by atoms with Gasteiger partial charge in [0, 0.05) is 5.56 Å². The van der Waals surface area contributed by atoms with Crippen LogP contribution < -0.4 is 5.73 Å².